The third-order valence-electron chi connectivity index (χ3n) is 1.91. The number of aliphatic imine (C=N–C) groups is 1. The van der Waals surface area contributed by atoms with Crippen LogP contribution in [0.1, 0.15) is 13.3 Å². The zero-order valence-electron chi connectivity index (χ0n) is 8.94. The Morgan fingerprint density at radius 2 is 2.13 bits per heavy atom. The number of benzene rings is 1. The normalized spacial score (nSPS) is 11.2. The van der Waals surface area contributed by atoms with Crippen molar-refractivity contribution in [2.24, 2.45) is 10.8 Å². The molecule has 0 radical (unpaired) electrons. The molecule has 0 saturated heterocycles. The van der Waals surface area contributed by atoms with E-state index in [1.165, 1.54) is 0 Å². The molecule has 0 bridgehead atoms. The lowest BCUT2D eigenvalue weighted by atomic mass is 10.3. The van der Waals surface area contributed by atoms with Gasteiger partial charge in [0.25, 0.3) is 0 Å². The van der Waals surface area contributed by atoms with Crippen molar-refractivity contribution < 1.29 is 4.74 Å². The van der Waals surface area contributed by atoms with Gasteiger partial charge in [0, 0.05) is 6.42 Å². The second-order valence-corrected chi connectivity index (χ2v) is 2.99. The minimum Gasteiger partial charge on any atom is -0.492 e. The van der Waals surface area contributed by atoms with E-state index in [1.807, 2.05) is 37.3 Å². The second-order valence-electron chi connectivity index (χ2n) is 2.99. The van der Waals surface area contributed by atoms with E-state index in [-0.39, 0.29) is 0 Å². The maximum atomic E-state index is 5.47. The summed E-state index contributed by atoms with van der Waals surface area (Å²) < 4.78 is 5.47. The molecular weight excluding hydrogens is 190 g/mol. The lowest BCUT2D eigenvalue weighted by Gasteiger charge is -2.05. The highest BCUT2D eigenvalue weighted by Crippen LogP contribution is 2.07. The molecule has 0 fully saturated rings. The van der Waals surface area contributed by atoms with Gasteiger partial charge in [-0.3, -0.25) is 4.99 Å². The fraction of sp³-hybridized carbons (Fsp3) is 0.364. The molecule has 0 atom stereocenters. The van der Waals surface area contributed by atoms with Crippen molar-refractivity contribution in [2.45, 2.75) is 13.3 Å². The molecule has 0 aliphatic carbocycles. The van der Waals surface area contributed by atoms with Crippen LogP contribution >= 0.6 is 0 Å². The molecule has 0 unspecified atom stereocenters. The summed E-state index contributed by atoms with van der Waals surface area (Å²) in [6.07, 6.45) is 0.807. The summed E-state index contributed by atoms with van der Waals surface area (Å²) in [5.74, 6) is 6.92. The van der Waals surface area contributed by atoms with E-state index < -0.39 is 0 Å². The smallest absolute Gasteiger partial charge is 0.119 e. The van der Waals surface area contributed by atoms with E-state index in [0.29, 0.717) is 13.2 Å². The molecule has 0 aromatic heterocycles. The predicted octanol–water partition coefficient (Wildman–Crippen LogP) is 1.34. The average molecular weight is 207 g/mol. The molecule has 0 spiro atoms. The third kappa shape index (κ3) is 4.46. The monoisotopic (exact) mass is 207 g/mol. The standard InChI is InChI=1S/C11H17N3O/c1-2-11(14-12)13-8-9-15-10-6-4-3-5-7-10/h3-7H,2,8-9,12H2,1H3,(H,13,14). The van der Waals surface area contributed by atoms with Crippen molar-refractivity contribution in [1.29, 1.82) is 0 Å². The van der Waals surface area contributed by atoms with Crippen LogP contribution in [0.25, 0.3) is 0 Å². The second kappa shape index (κ2) is 6.84. The third-order valence-corrected chi connectivity index (χ3v) is 1.91. The van der Waals surface area contributed by atoms with E-state index in [2.05, 4.69) is 10.4 Å². The molecule has 82 valence electrons. The van der Waals surface area contributed by atoms with Crippen LogP contribution in [0.5, 0.6) is 5.75 Å². The van der Waals surface area contributed by atoms with E-state index in [9.17, 15) is 0 Å². The first-order valence-electron chi connectivity index (χ1n) is 5.04. The number of hydrogen-bond donors (Lipinski definition) is 2. The zero-order valence-corrected chi connectivity index (χ0v) is 8.94. The molecule has 0 saturated carbocycles. The Bertz CT molecular complexity index is 292. The van der Waals surface area contributed by atoms with Crippen LogP contribution in [0, 0.1) is 0 Å². The number of rotatable bonds is 5. The number of hydrogen-bond acceptors (Lipinski definition) is 3. The minimum absolute atomic E-state index is 0.565. The van der Waals surface area contributed by atoms with Crippen LogP contribution in [-0.4, -0.2) is 19.0 Å². The molecule has 4 nitrogen and oxygen atoms in total. The van der Waals surface area contributed by atoms with Gasteiger partial charge in [0.15, 0.2) is 0 Å². The topological polar surface area (TPSA) is 59.6 Å². The van der Waals surface area contributed by atoms with Crippen molar-refractivity contribution in [3.63, 3.8) is 0 Å². The number of nitrogens with two attached hydrogens (primary N) is 1. The van der Waals surface area contributed by atoms with Crippen molar-refractivity contribution in [2.75, 3.05) is 13.2 Å². The summed E-state index contributed by atoms with van der Waals surface area (Å²) in [5, 5.41) is 0. The lowest BCUT2D eigenvalue weighted by Crippen LogP contribution is -2.30. The molecule has 0 aliphatic heterocycles. The Hall–Kier alpha value is -1.55. The summed E-state index contributed by atoms with van der Waals surface area (Å²) in [5.41, 5.74) is 2.54. The van der Waals surface area contributed by atoms with Crippen LogP contribution in [-0.2, 0) is 0 Å². The van der Waals surface area contributed by atoms with Crippen molar-refractivity contribution in [3.8, 4) is 5.75 Å². The Morgan fingerprint density at radius 3 is 2.73 bits per heavy atom. The van der Waals surface area contributed by atoms with Gasteiger partial charge in [0.05, 0.1) is 6.54 Å². The maximum Gasteiger partial charge on any atom is 0.119 e. The molecule has 1 rings (SSSR count). The maximum absolute atomic E-state index is 5.47. The van der Waals surface area contributed by atoms with Crippen LogP contribution < -0.4 is 16.0 Å². The van der Waals surface area contributed by atoms with Crippen LogP contribution in [0.3, 0.4) is 0 Å². The van der Waals surface area contributed by atoms with Gasteiger partial charge < -0.3 is 10.2 Å². The van der Waals surface area contributed by atoms with Gasteiger partial charge in [-0.25, -0.2) is 5.84 Å². The number of nitrogens with one attached hydrogen (secondary N) is 1. The average Bonchev–Trinajstić information content (AvgIpc) is 2.31. The Labute approximate surface area is 90.1 Å². The van der Waals surface area contributed by atoms with Gasteiger partial charge in [0.1, 0.15) is 18.2 Å². The van der Waals surface area contributed by atoms with Gasteiger partial charge in [-0.2, -0.15) is 0 Å². The molecule has 1 aromatic carbocycles. The Morgan fingerprint density at radius 1 is 1.40 bits per heavy atom. The summed E-state index contributed by atoms with van der Waals surface area (Å²) in [4.78, 5) is 4.23. The summed E-state index contributed by atoms with van der Waals surface area (Å²) in [6.45, 7) is 3.17. The van der Waals surface area contributed by atoms with E-state index >= 15 is 0 Å². The number of amidine groups is 1. The number of hydrazine groups is 1. The molecule has 3 N–H and O–H groups in total. The van der Waals surface area contributed by atoms with Gasteiger partial charge in [-0.1, -0.05) is 25.1 Å². The quantitative estimate of drug-likeness (QED) is 0.252. The first-order valence-corrected chi connectivity index (χ1v) is 5.04. The summed E-state index contributed by atoms with van der Waals surface area (Å²) >= 11 is 0. The van der Waals surface area contributed by atoms with Crippen molar-refractivity contribution in [3.05, 3.63) is 30.3 Å². The van der Waals surface area contributed by atoms with E-state index in [4.69, 9.17) is 10.6 Å². The first-order chi connectivity index (χ1) is 7.36. The first kappa shape index (κ1) is 11.5. The SMILES string of the molecule is CCC(=NCCOc1ccccc1)NN. The molecule has 0 aliphatic rings. The van der Waals surface area contributed by atoms with Gasteiger partial charge in [-0.15, -0.1) is 0 Å². The highest BCUT2D eigenvalue weighted by atomic mass is 16.5. The van der Waals surface area contributed by atoms with Gasteiger partial charge in [-0.05, 0) is 12.1 Å². The number of nitrogens with zero attached hydrogens (tertiary/aromatic N) is 1. The zero-order chi connectivity index (χ0) is 10.9. The highest BCUT2D eigenvalue weighted by molar-refractivity contribution is 5.81. The van der Waals surface area contributed by atoms with E-state index in [0.717, 1.165) is 18.0 Å². The predicted molar refractivity (Wildman–Crippen MR) is 61.9 cm³/mol. The molecule has 0 amide bonds. The largest absolute Gasteiger partial charge is 0.492 e. The fourth-order valence-electron chi connectivity index (χ4n) is 1.12. The fourth-order valence-corrected chi connectivity index (χ4v) is 1.12. The molecular formula is C11H17N3O. The Kier molecular flexibility index (Phi) is 5.25. The van der Waals surface area contributed by atoms with Crippen LogP contribution in [0.2, 0.25) is 0 Å². The number of ether oxygens (including phenoxy) is 1. The van der Waals surface area contributed by atoms with E-state index in [1.54, 1.807) is 0 Å². The lowest BCUT2D eigenvalue weighted by molar-refractivity contribution is 0.328. The van der Waals surface area contributed by atoms with Gasteiger partial charge >= 0.3 is 0 Å². The molecule has 0 heterocycles. The Balaban J connectivity index is 2.25. The molecule has 15 heavy (non-hydrogen) atoms. The minimum atomic E-state index is 0.565. The van der Waals surface area contributed by atoms with Crippen molar-refractivity contribution >= 4 is 5.84 Å². The molecule has 4 heteroatoms. The van der Waals surface area contributed by atoms with Crippen molar-refractivity contribution in [1.82, 2.24) is 5.43 Å². The summed E-state index contributed by atoms with van der Waals surface area (Å²) in [6, 6.07) is 9.69. The van der Waals surface area contributed by atoms with Crippen LogP contribution in [0.4, 0.5) is 0 Å². The number of para-hydroxylation sites is 1. The van der Waals surface area contributed by atoms with Crippen LogP contribution in [0.15, 0.2) is 35.3 Å². The van der Waals surface area contributed by atoms with Gasteiger partial charge in [0.2, 0.25) is 0 Å². The summed E-state index contributed by atoms with van der Waals surface area (Å²) in [7, 11) is 0. The highest BCUT2D eigenvalue weighted by Gasteiger charge is 1.92. The molecule has 1 aromatic rings.